The molecule has 0 unspecified atom stereocenters. The van der Waals surface area contributed by atoms with Crippen LogP contribution in [-0.4, -0.2) is 25.0 Å². The van der Waals surface area contributed by atoms with Gasteiger partial charge < -0.3 is 0 Å². The molecular weight excluding hydrogens is 417 g/mol. The molecular formula is C26H22GeO2. The van der Waals surface area contributed by atoms with E-state index in [9.17, 15) is 4.79 Å². The molecule has 0 radical (unpaired) electrons. The van der Waals surface area contributed by atoms with E-state index in [0.717, 1.165) is 24.5 Å². The Balaban J connectivity index is 2.03. The van der Waals surface area contributed by atoms with Gasteiger partial charge in [0.15, 0.2) is 0 Å². The average Bonchev–Trinajstić information content (AvgIpc) is 2.82. The summed E-state index contributed by atoms with van der Waals surface area (Å²) in [7, 11) is 1.64. The second kappa shape index (κ2) is 8.50. The summed E-state index contributed by atoms with van der Waals surface area (Å²) in [6.07, 6.45) is 0. The quantitative estimate of drug-likeness (QED) is 0.430. The van der Waals surface area contributed by atoms with Gasteiger partial charge in [-0.25, -0.2) is 0 Å². The van der Waals surface area contributed by atoms with Crippen molar-refractivity contribution < 1.29 is 9.53 Å². The molecule has 4 aromatic rings. The van der Waals surface area contributed by atoms with Gasteiger partial charge in [0.2, 0.25) is 0 Å². The maximum atomic E-state index is 14.3. The Bertz CT molecular complexity index is 979. The van der Waals surface area contributed by atoms with Crippen LogP contribution in [0.5, 0.6) is 5.75 Å². The zero-order valence-electron chi connectivity index (χ0n) is 16.3. The Labute approximate surface area is 174 Å². The van der Waals surface area contributed by atoms with E-state index in [2.05, 4.69) is 36.4 Å². The minimum atomic E-state index is -3.69. The summed E-state index contributed by atoms with van der Waals surface area (Å²) in [4.78, 5) is 14.3. The fourth-order valence-corrected chi connectivity index (χ4v) is 13.3. The molecule has 0 amide bonds. The summed E-state index contributed by atoms with van der Waals surface area (Å²) in [6.45, 7) is 0. The van der Waals surface area contributed by atoms with E-state index in [1.807, 2.05) is 78.9 Å². The summed E-state index contributed by atoms with van der Waals surface area (Å²) >= 11 is -3.69. The number of rotatable bonds is 6. The van der Waals surface area contributed by atoms with E-state index in [-0.39, 0.29) is 4.62 Å². The van der Waals surface area contributed by atoms with Crippen molar-refractivity contribution in [3.05, 3.63) is 121 Å². The maximum absolute atomic E-state index is 14.3. The van der Waals surface area contributed by atoms with Crippen molar-refractivity contribution in [2.75, 3.05) is 7.11 Å². The predicted octanol–water partition coefficient (Wildman–Crippen LogP) is 3.59. The van der Waals surface area contributed by atoms with Gasteiger partial charge in [-0.05, 0) is 0 Å². The Morgan fingerprint density at radius 2 is 0.966 bits per heavy atom. The zero-order valence-corrected chi connectivity index (χ0v) is 18.4. The van der Waals surface area contributed by atoms with Gasteiger partial charge >= 0.3 is 174 Å². The number of ether oxygens (including phenoxy) is 1. The van der Waals surface area contributed by atoms with Crippen molar-refractivity contribution in [1.82, 2.24) is 0 Å². The molecule has 0 aliphatic carbocycles. The molecule has 4 aromatic carbocycles. The third kappa shape index (κ3) is 3.52. The molecule has 29 heavy (non-hydrogen) atoms. The van der Waals surface area contributed by atoms with Crippen molar-refractivity contribution in [3.8, 4) is 5.75 Å². The summed E-state index contributed by atoms with van der Waals surface area (Å²) in [6, 6.07) is 38.4. The fraction of sp³-hybridized carbons (Fsp3) is 0.0385. The van der Waals surface area contributed by atoms with Gasteiger partial charge in [0.05, 0.1) is 0 Å². The summed E-state index contributed by atoms with van der Waals surface area (Å²) in [5.74, 6) is 0.749. The molecule has 0 heterocycles. The first-order valence-corrected chi connectivity index (χ1v) is 13.8. The molecule has 0 aliphatic heterocycles. The zero-order chi connectivity index (χ0) is 20.1. The summed E-state index contributed by atoms with van der Waals surface area (Å²) in [5, 5.41) is 0. The van der Waals surface area contributed by atoms with E-state index < -0.39 is 13.3 Å². The first-order valence-electron chi connectivity index (χ1n) is 9.62. The normalized spacial score (nSPS) is 11.1. The molecule has 0 aliphatic rings. The molecule has 0 bridgehead atoms. The molecule has 0 aromatic heterocycles. The van der Waals surface area contributed by atoms with Crippen LogP contribution in [-0.2, 0) is 0 Å². The van der Waals surface area contributed by atoms with E-state index in [0.29, 0.717) is 0 Å². The average molecular weight is 439 g/mol. The second-order valence-corrected chi connectivity index (χ2v) is 14.6. The Morgan fingerprint density at radius 3 is 1.31 bits per heavy atom. The first-order chi connectivity index (χ1) is 14.3. The van der Waals surface area contributed by atoms with Crippen molar-refractivity contribution in [2.45, 2.75) is 0 Å². The van der Waals surface area contributed by atoms with Crippen LogP contribution < -0.4 is 17.9 Å². The van der Waals surface area contributed by atoms with Crippen LogP contribution in [0.1, 0.15) is 10.4 Å². The van der Waals surface area contributed by atoms with Gasteiger partial charge in [-0.1, -0.05) is 0 Å². The molecule has 0 saturated carbocycles. The molecule has 0 N–H and O–H groups in total. The number of carbonyl (C=O) groups excluding carboxylic acids is 1. The fourth-order valence-electron chi connectivity index (χ4n) is 3.92. The molecule has 0 atom stereocenters. The first kappa shape index (κ1) is 19.2. The third-order valence-electron chi connectivity index (χ3n) is 5.31. The van der Waals surface area contributed by atoms with Crippen LogP contribution in [0.2, 0.25) is 0 Å². The van der Waals surface area contributed by atoms with Crippen molar-refractivity contribution in [3.63, 3.8) is 0 Å². The second-order valence-electron chi connectivity index (χ2n) is 6.91. The topological polar surface area (TPSA) is 26.3 Å². The molecule has 0 fully saturated rings. The SMILES string of the molecule is COc1ccc([C](=O)[Ge]([c]2ccccc2)([c]2ccccc2)[c]2ccccc2)cc1. The Morgan fingerprint density at radius 1 is 0.586 bits per heavy atom. The molecule has 2 nitrogen and oxygen atoms in total. The number of benzene rings is 4. The summed E-state index contributed by atoms with van der Waals surface area (Å²) in [5.41, 5.74) is 0.724. The van der Waals surface area contributed by atoms with Gasteiger partial charge in [0.25, 0.3) is 0 Å². The Kier molecular flexibility index (Phi) is 5.63. The van der Waals surface area contributed by atoms with E-state index >= 15 is 0 Å². The van der Waals surface area contributed by atoms with E-state index in [1.165, 1.54) is 0 Å². The standard InChI is InChI=1S/C26H22GeO2/c1-29-25-19-17-21(18-20-25)26(28)27(22-11-5-2-6-12-22,23-13-7-3-8-14-23)24-15-9-4-10-16-24/h2-20H,1H3. The third-order valence-corrected chi connectivity index (χ3v) is 14.9. The van der Waals surface area contributed by atoms with Gasteiger partial charge in [0.1, 0.15) is 0 Å². The Hall–Kier alpha value is -3.11. The van der Waals surface area contributed by atoms with Crippen LogP contribution in [0, 0.1) is 0 Å². The van der Waals surface area contributed by atoms with Gasteiger partial charge in [-0.3, -0.25) is 0 Å². The number of methoxy groups -OCH3 is 1. The predicted molar refractivity (Wildman–Crippen MR) is 121 cm³/mol. The van der Waals surface area contributed by atoms with Crippen molar-refractivity contribution >= 4 is 31.1 Å². The van der Waals surface area contributed by atoms with Crippen LogP contribution in [0.15, 0.2) is 115 Å². The van der Waals surface area contributed by atoms with Crippen LogP contribution in [0.25, 0.3) is 0 Å². The molecule has 0 saturated heterocycles. The van der Waals surface area contributed by atoms with E-state index in [4.69, 9.17) is 4.74 Å². The monoisotopic (exact) mass is 440 g/mol. The van der Waals surface area contributed by atoms with E-state index in [1.54, 1.807) is 7.11 Å². The number of hydrogen-bond acceptors (Lipinski definition) is 2. The molecule has 4 rings (SSSR count). The van der Waals surface area contributed by atoms with Crippen molar-refractivity contribution in [2.24, 2.45) is 0 Å². The summed E-state index contributed by atoms with van der Waals surface area (Å²) < 4.78 is 8.90. The minimum absolute atomic E-state index is 0.219. The van der Waals surface area contributed by atoms with Gasteiger partial charge in [-0.15, -0.1) is 0 Å². The van der Waals surface area contributed by atoms with Crippen LogP contribution in [0.4, 0.5) is 0 Å². The molecule has 0 spiro atoms. The van der Waals surface area contributed by atoms with Gasteiger partial charge in [0, 0.05) is 0 Å². The van der Waals surface area contributed by atoms with Crippen LogP contribution >= 0.6 is 0 Å². The molecule has 3 heteroatoms. The van der Waals surface area contributed by atoms with Crippen LogP contribution in [0.3, 0.4) is 0 Å². The number of carbonyl (C=O) groups is 1. The molecule has 142 valence electrons. The number of hydrogen-bond donors (Lipinski definition) is 0. The van der Waals surface area contributed by atoms with Crippen molar-refractivity contribution in [1.29, 1.82) is 0 Å². The van der Waals surface area contributed by atoms with Gasteiger partial charge in [-0.2, -0.15) is 0 Å².